The summed E-state index contributed by atoms with van der Waals surface area (Å²) >= 11 is 0. The van der Waals surface area contributed by atoms with E-state index >= 15 is 0 Å². The van der Waals surface area contributed by atoms with Gasteiger partial charge in [0, 0.05) is 12.1 Å². The molecule has 0 bridgehead atoms. The number of aliphatic hydroxyl groups is 1. The van der Waals surface area contributed by atoms with Gasteiger partial charge in [-0.05, 0) is 42.3 Å². The third kappa shape index (κ3) is 2.43. The van der Waals surface area contributed by atoms with Crippen molar-refractivity contribution < 1.29 is 14.3 Å². The molecule has 2 heterocycles. The maximum atomic E-state index is 13.1. The van der Waals surface area contributed by atoms with Gasteiger partial charge in [-0.15, -0.1) is 0 Å². The minimum Gasteiger partial charge on any atom is -0.383 e. The Morgan fingerprint density at radius 3 is 2.71 bits per heavy atom. The maximum absolute atomic E-state index is 13.1. The molecule has 1 amide bonds. The second kappa shape index (κ2) is 5.38. The highest BCUT2D eigenvalue weighted by atomic mass is 19.1. The van der Waals surface area contributed by atoms with Crippen LogP contribution in [-0.4, -0.2) is 44.4 Å². The van der Waals surface area contributed by atoms with Crippen LogP contribution < -0.4 is 0 Å². The molecule has 2 aromatic carbocycles. The minimum absolute atomic E-state index is 0.169. The van der Waals surface area contributed by atoms with E-state index in [1.165, 1.54) is 12.1 Å². The van der Waals surface area contributed by atoms with Gasteiger partial charge < -0.3 is 10.0 Å². The van der Waals surface area contributed by atoms with Crippen LogP contribution in [0.25, 0.3) is 11.0 Å². The van der Waals surface area contributed by atoms with Crippen LogP contribution in [0.3, 0.4) is 0 Å². The topological polar surface area (TPSA) is 82.1 Å². The van der Waals surface area contributed by atoms with E-state index in [0.717, 1.165) is 0 Å². The van der Waals surface area contributed by atoms with Gasteiger partial charge in [0.1, 0.15) is 22.5 Å². The monoisotopic (exact) mass is 326 g/mol. The van der Waals surface area contributed by atoms with Gasteiger partial charge in [0.05, 0.1) is 6.54 Å². The summed E-state index contributed by atoms with van der Waals surface area (Å²) in [5.74, 6) is -0.521. The van der Waals surface area contributed by atoms with Crippen LogP contribution in [0.15, 0.2) is 42.5 Å². The summed E-state index contributed by atoms with van der Waals surface area (Å²) in [6.45, 7) is 0.609. The molecule has 6 nitrogen and oxygen atoms in total. The number of hydrogen-bond acceptors (Lipinski definition) is 4. The highest BCUT2D eigenvalue weighted by Crippen LogP contribution is 2.32. The number of nitrogens with one attached hydrogen (secondary N) is 1. The number of carbonyl (C=O) groups is 1. The van der Waals surface area contributed by atoms with Crippen LogP contribution in [0.4, 0.5) is 4.39 Å². The van der Waals surface area contributed by atoms with Gasteiger partial charge in [0.15, 0.2) is 0 Å². The summed E-state index contributed by atoms with van der Waals surface area (Å²) < 4.78 is 13.1. The first-order chi connectivity index (χ1) is 11.5. The lowest BCUT2D eigenvalue weighted by atomic mass is 9.93. The molecule has 1 aliphatic rings. The molecule has 0 spiro atoms. The quantitative estimate of drug-likeness (QED) is 0.753. The predicted octanol–water partition coefficient (Wildman–Crippen LogP) is 1.83. The van der Waals surface area contributed by atoms with Crippen molar-refractivity contribution in [1.82, 2.24) is 20.3 Å². The van der Waals surface area contributed by atoms with Gasteiger partial charge in [-0.3, -0.25) is 4.79 Å². The highest BCUT2D eigenvalue weighted by molar-refractivity contribution is 5.97. The fraction of sp³-hybridized carbons (Fsp3) is 0.235. The zero-order valence-electron chi connectivity index (χ0n) is 12.7. The second-order valence-corrected chi connectivity index (χ2v) is 6.04. The number of β-amino-alcohol motifs (C(OH)–C–C–N with tert-alkyl or cyclic N) is 1. The maximum Gasteiger partial charge on any atom is 0.254 e. The average Bonchev–Trinajstić information content (AvgIpc) is 3.21. The molecule has 122 valence electrons. The molecule has 1 fully saturated rings. The van der Waals surface area contributed by atoms with Gasteiger partial charge >= 0.3 is 0 Å². The van der Waals surface area contributed by atoms with E-state index in [9.17, 15) is 14.3 Å². The standard InChI is InChI=1S/C17H15FN4O2/c18-13-4-2-12(3-5-13)17(24)7-8-22(10-17)16(23)11-1-6-14-15(9-11)20-21-19-14/h1-6,9,24H,7-8,10H2,(H,19,20,21). The number of halogens is 1. The lowest BCUT2D eigenvalue weighted by Gasteiger charge is -2.24. The van der Waals surface area contributed by atoms with Gasteiger partial charge in [-0.2, -0.15) is 15.4 Å². The van der Waals surface area contributed by atoms with Crippen molar-refractivity contribution in [3.8, 4) is 0 Å². The summed E-state index contributed by atoms with van der Waals surface area (Å²) in [6.07, 6.45) is 0.413. The van der Waals surface area contributed by atoms with E-state index in [4.69, 9.17) is 0 Å². The average molecular weight is 326 g/mol. The number of aromatic amines is 1. The van der Waals surface area contributed by atoms with Gasteiger partial charge in [0.25, 0.3) is 5.91 Å². The number of rotatable bonds is 2. The second-order valence-electron chi connectivity index (χ2n) is 6.04. The van der Waals surface area contributed by atoms with E-state index in [1.54, 1.807) is 35.2 Å². The van der Waals surface area contributed by atoms with Crippen molar-refractivity contribution >= 4 is 16.9 Å². The molecule has 3 aromatic rings. The first-order valence-electron chi connectivity index (χ1n) is 7.63. The zero-order chi connectivity index (χ0) is 16.7. The molecule has 0 radical (unpaired) electrons. The number of benzene rings is 2. The summed E-state index contributed by atoms with van der Waals surface area (Å²) in [6, 6.07) is 10.9. The molecule has 2 N–H and O–H groups in total. The third-order valence-corrected chi connectivity index (χ3v) is 4.48. The van der Waals surface area contributed by atoms with Crippen molar-refractivity contribution in [3.63, 3.8) is 0 Å². The summed E-state index contributed by atoms with van der Waals surface area (Å²) in [7, 11) is 0. The lowest BCUT2D eigenvalue weighted by Crippen LogP contribution is -2.34. The Morgan fingerprint density at radius 2 is 1.92 bits per heavy atom. The molecule has 1 saturated heterocycles. The highest BCUT2D eigenvalue weighted by Gasteiger charge is 2.39. The van der Waals surface area contributed by atoms with Crippen LogP contribution >= 0.6 is 0 Å². The Labute approximate surface area is 136 Å². The molecule has 1 unspecified atom stereocenters. The summed E-state index contributed by atoms with van der Waals surface area (Å²) in [4.78, 5) is 14.3. The number of hydrogen-bond donors (Lipinski definition) is 2. The molecule has 0 aliphatic carbocycles. The number of amides is 1. The number of aromatic nitrogens is 3. The van der Waals surface area contributed by atoms with E-state index in [0.29, 0.717) is 35.1 Å². The molecular formula is C17H15FN4O2. The largest absolute Gasteiger partial charge is 0.383 e. The van der Waals surface area contributed by atoms with Gasteiger partial charge in [-0.25, -0.2) is 4.39 Å². The molecule has 1 atom stereocenters. The van der Waals surface area contributed by atoms with E-state index in [-0.39, 0.29) is 18.3 Å². The molecule has 1 aliphatic heterocycles. The van der Waals surface area contributed by atoms with Crippen molar-refractivity contribution in [2.45, 2.75) is 12.0 Å². The molecular weight excluding hydrogens is 311 g/mol. The van der Waals surface area contributed by atoms with Crippen LogP contribution in [0.5, 0.6) is 0 Å². The smallest absolute Gasteiger partial charge is 0.254 e. The van der Waals surface area contributed by atoms with Gasteiger partial charge in [0.2, 0.25) is 0 Å². The number of nitrogens with zero attached hydrogens (tertiary/aromatic N) is 3. The number of likely N-dealkylation sites (tertiary alicyclic amines) is 1. The Balaban J connectivity index is 1.57. The molecule has 24 heavy (non-hydrogen) atoms. The zero-order valence-corrected chi connectivity index (χ0v) is 12.7. The van der Waals surface area contributed by atoms with Crippen LogP contribution in [0.1, 0.15) is 22.3 Å². The van der Waals surface area contributed by atoms with E-state index in [2.05, 4.69) is 15.4 Å². The number of fused-ring (bicyclic) bond motifs is 1. The van der Waals surface area contributed by atoms with Crippen molar-refractivity contribution in [2.24, 2.45) is 0 Å². The Hall–Kier alpha value is -2.80. The van der Waals surface area contributed by atoms with Crippen molar-refractivity contribution in [2.75, 3.05) is 13.1 Å². The molecule has 4 rings (SSSR count). The van der Waals surface area contributed by atoms with Crippen molar-refractivity contribution in [1.29, 1.82) is 0 Å². The fourth-order valence-electron chi connectivity index (χ4n) is 3.12. The fourth-order valence-corrected chi connectivity index (χ4v) is 3.12. The molecule has 0 saturated carbocycles. The Bertz CT molecular complexity index is 908. The lowest BCUT2D eigenvalue weighted by molar-refractivity contribution is 0.0417. The third-order valence-electron chi connectivity index (χ3n) is 4.48. The predicted molar refractivity (Wildman–Crippen MR) is 84.7 cm³/mol. The number of H-pyrrole nitrogens is 1. The summed E-state index contributed by atoms with van der Waals surface area (Å²) in [5.41, 5.74) is 1.27. The van der Waals surface area contributed by atoms with Crippen molar-refractivity contribution in [3.05, 3.63) is 59.4 Å². The minimum atomic E-state index is -1.15. The first kappa shape index (κ1) is 14.8. The van der Waals surface area contributed by atoms with E-state index < -0.39 is 5.60 Å². The van der Waals surface area contributed by atoms with Crippen LogP contribution in [-0.2, 0) is 5.60 Å². The first-order valence-corrected chi connectivity index (χ1v) is 7.63. The SMILES string of the molecule is O=C(c1ccc2n[nH]nc2c1)N1CCC(O)(c2ccc(F)cc2)C1. The molecule has 1 aromatic heterocycles. The number of carbonyl (C=O) groups excluding carboxylic acids is 1. The Kier molecular flexibility index (Phi) is 3.31. The normalized spacial score (nSPS) is 20.7. The van der Waals surface area contributed by atoms with Gasteiger partial charge in [-0.1, -0.05) is 12.1 Å². The van der Waals surface area contributed by atoms with E-state index in [1.807, 2.05) is 0 Å². The molecule has 7 heteroatoms. The van der Waals surface area contributed by atoms with Crippen LogP contribution in [0, 0.1) is 5.82 Å². The summed E-state index contributed by atoms with van der Waals surface area (Å²) in [5, 5.41) is 21.3. The van der Waals surface area contributed by atoms with Crippen LogP contribution in [0.2, 0.25) is 0 Å². The Morgan fingerprint density at radius 1 is 1.17 bits per heavy atom.